The molecule has 3 N–H and O–H groups in total. The third kappa shape index (κ3) is 2.52. The van der Waals surface area contributed by atoms with Crippen molar-refractivity contribution in [2.24, 2.45) is 5.73 Å². The van der Waals surface area contributed by atoms with Gasteiger partial charge in [0, 0.05) is 12.1 Å². The monoisotopic (exact) mass is 278 g/mol. The van der Waals surface area contributed by atoms with Gasteiger partial charge in [0.1, 0.15) is 5.84 Å². The molecule has 0 bridgehead atoms. The molecule has 2 aromatic carbocycles. The summed E-state index contributed by atoms with van der Waals surface area (Å²) in [5.41, 5.74) is 12.1. The molecule has 0 atom stereocenters. The van der Waals surface area contributed by atoms with Gasteiger partial charge in [-0.1, -0.05) is 24.3 Å². The first-order valence-electron chi connectivity index (χ1n) is 6.90. The zero-order chi connectivity index (χ0) is 15.0. The molecule has 0 aliphatic heterocycles. The summed E-state index contributed by atoms with van der Waals surface area (Å²) in [4.78, 5) is 4.47. The summed E-state index contributed by atoms with van der Waals surface area (Å²) < 4.78 is 2.14. The Morgan fingerprint density at radius 1 is 1.14 bits per heavy atom. The number of benzene rings is 2. The van der Waals surface area contributed by atoms with Crippen LogP contribution in [0.2, 0.25) is 0 Å². The van der Waals surface area contributed by atoms with Crippen LogP contribution in [0.5, 0.6) is 0 Å². The smallest absolute Gasteiger partial charge is 0.122 e. The van der Waals surface area contributed by atoms with Crippen molar-refractivity contribution in [1.29, 1.82) is 5.41 Å². The van der Waals surface area contributed by atoms with E-state index in [0.717, 1.165) is 28.7 Å². The van der Waals surface area contributed by atoms with Crippen LogP contribution in [0.25, 0.3) is 11.0 Å². The number of hydrogen-bond acceptors (Lipinski definition) is 2. The first-order valence-corrected chi connectivity index (χ1v) is 6.90. The summed E-state index contributed by atoms with van der Waals surface area (Å²) in [6, 6.07) is 12.1. The first kappa shape index (κ1) is 13.4. The average Bonchev–Trinajstić information content (AvgIpc) is 2.82. The normalized spacial score (nSPS) is 11.0. The predicted octanol–water partition coefficient (Wildman–Crippen LogP) is 2.99. The van der Waals surface area contributed by atoms with E-state index in [0.29, 0.717) is 0 Å². The fraction of sp³-hybridized carbons (Fsp3) is 0.176. The van der Waals surface area contributed by atoms with Gasteiger partial charge >= 0.3 is 0 Å². The van der Waals surface area contributed by atoms with Gasteiger partial charge in [0.05, 0.1) is 17.4 Å². The fourth-order valence-corrected chi connectivity index (χ4v) is 2.43. The summed E-state index contributed by atoms with van der Waals surface area (Å²) in [5, 5.41) is 7.42. The summed E-state index contributed by atoms with van der Waals surface area (Å²) in [6.45, 7) is 4.99. The van der Waals surface area contributed by atoms with E-state index in [1.807, 2.05) is 30.6 Å². The number of aryl methyl sites for hydroxylation is 2. The maximum atomic E-state index is 7.42. The number of imidazole rings is 1. The summed E-state index contributed by atoms with van der Waals surface area (Å²) in [5.74, 6) is 0.0979. The molecule has 3 rings (SSSR count). The Hall–Kier alpha value is -2.62. The molecule has 0 radical (unpaired) electrons. The molecule has 3 aromatic rings. The lowest BCUT2D eigenvalue weighted by atomic mass is 10.1. The Labute approximate surface area is 123 Å². The van der Waals surface area contributed by atoms with Gasteiger partial charge in [-0.25, -0.2) is 4.98 Å². The average molecular weight is 278 g/mol. The highest BCUT2D eigenvalue weighted by Gasteiger charge is 2.06. The number of rotatable bonds is 3. The Balaban J connectivity index is 1.94. The number of nitrogens with one attached hydrogen (secondary N) is 1. The summed E-state index contributed by atoms with van der Waals surface area (Å²) in [7, 11) is 0. The minimum atomic E-state index is 0.0979. The highest BCUT2D eigenvalue weighted by molar-refractivity contribution is 5.94. The summed E-state index contributed by atoms with van der Waals surface area (Å²) >= 11 is 0. The maximum absolute atomic E-state index is 7.42. The van der Waals surface area contributed by atoms with Gasteiger partial charge in [-0.15, -0.1) is 0 Å². The van der Waals surface area contributed by atoms with Crippen LogP contribution in [-0.4, -0.2) is 15.4 Å². The van der Waals surface area contributed by atoms with E-state index in [2.05, 4.69) is 35.5 Å². The lowest BCUT2D eigenvalue weighted by Gasteiger charge is -2.07. The Kier molecular flexibility index (Phi) is 3.22. The van der Waals surface area contributed by atoms with Crippen molar-refractivity contribution in [3.63, 3.8) is 0 Å². The number of fused-ring (bicyclic) bond motifs is 1. The van der Waals surface area contributed by atoms with Gasteiger partial charge in [-0.3, -0.25) is 5.41 Å². The quantitative estimate of drug-likeness (QED) is 0.571. The van der Waals surface area contributed by atoms with Gasteiger partial charge in [0.2, 0.25) is 0 Å². The molecule has 4 heteroatoms. The lowest BCUT2D eigenvalue weighted by Crippen LogP contribution is -2.10. The molecular formula is C17H18N4. The van der Waals surface area contributed by atoms with Gasteiger partial charge in [-0.05, 0) is 42.7 Å². The van der Waals surface area contributed by atoms with Crippen LogP contribution in [0, 0.1) is 19.3 Å². The second-order valence-corrected chi connectivity index (χ2v) is 5.41. The minimum Gasteiger partial charge on any atom is -0.384 e. The van der Waals surface area contributed by atoms with Gasteiger partial charge in [0.15, 0.2) is 0 Å². The van der Waals surface area contributed by atoms with Crippen LogP contribution in [-0.2, 0) is 6.54 Å². The lowest BCUT2D eigenvalue weighted by molar-refractivity contribution is 0.824. The Morgan fingerprint density at radius 3 is 2.48 bits per heavy atom. The number of amidine groups is 1. The molecule has 0 amide bonds. The zero-order valence-electron chi connectivity index (χ0n) is 12.2. The van der Waals surface area contributed by atoms with E-state index in [1.54, 1.807) is 0 Å². The van der Waals surface area contributed by atoms with Crippen molar-refractivity contribution >= 4 is 16.9 Å². The first-order chi connectivity index (χ1) is 10.0. The number of nitrogens with two attached hydrogens (primary N) is 1. The topological polar surface area (TPSA) is 67.7 Å². The van der Waals surface area contributed by atoms with E-state index >= 15 is 0 Å². The van der Waals surface area contributed by atoms with Crippen molar-refractivity contribution in [1.82, 2.24) is 9.55 Å². The minimum absolute atomic E-state index is 0.0979. The molecule has 0 aliphatic carbocycles. The highest BCUT2D eigenvalue weighted by atomic mass is 15.0. The fourth-order valence-electron chi connectivity index (χ4n) is 2.43. The highest BCUT2D eigenvalue weighted by Crippen LogP contribution is 2.19. The molecule has 0 saturated carbocycles. The van der Waals surface area contributed by atoms with Crippen molar-refractivity contribution in [3.05, 3.63) is 65.0 Å². The van der Waals surface area contributed by atoms with E-state index in [1.165, 1.54) is 11.1 Å². The maximum Gasteiger partial charge on any atom is 0.122 e. The standard InChI is InChI=1S/C17H18N4/c1-11-7-15-16(8-12(11)2)21(10-20-15)9-13-3-5-14(6-4-13)17(18)19/h3-8,10H,9H2,1-2H3,(H3,18,19). The van der Waals surface area contributed by atoms with Crippen molar-refractivity contribution in [3.8, 4) is 0 Å². The van der Waals surface area contributed by atoms with Crippen LogP contribution < -0.4 is 5.73 Å². The third-order valence-electron chi connectivity index (χ3n) is 3.85. The molecule has 0 unspecified atom stereocenters. The molecule has 106 valence electrons. The molecule has 0 spiro atoms. The molecule has 0 fully saturated rings. The van der Waals surface area contributed by atoms with Crippen molar-refractivity contribution in [2.45, 2.75) is 20.4 Å². The van der Waals surface area contributed by atoms with Crippen LogP contribution in [0.15, 0.2) is 42.7 Å². The van der Waals surface area contributed by atoms with Crippen LogP contribution >= 0.6 is 0 Å². The van der Waals surface area contributed by atoms with E-state index in [-0.39, 0.29) is 5.84 Å². The Morgan fingerprint density at radius 2 is 1.81 bits per heavy atom. The van der Waals surface area contributed by atoms with Gasteiger partial charge in [-0.2, -0.15) is 0 Å². The molecule has 1 heterocycles. The number of aromatic nitrogens is 2. The Bertz CT molecular complexity index is 813. The van der Waals surface area contributed by atoms with E-state index < -0.39 is 0 Å². The van der Waals surface area contributed by atoms with Crippen LogP contribution in [0.3, 0.4) is 0 Å². The van der Waals surface area contributed by atoms with E-state index in [9.17, 15) is 0 Å². The third-order valence-corrected chi connectivity index (χ3v) is 3.85. The largest absolute Gasteiger partial charge is 0.384 e. The van der Waals surface area contributed by atoms with Crippen molar-refractivity contribution in [2.75, 3.05) is 0 Å². The SMILES string of the molecule is Cc1cc2ncn(Cc3ccc(C(=N)N)cc3)c2cc1C. The zero-order valence-corrected chi connectivity index (χ0v) is 12.2. The molecule has 21 heavy (non-hydrogen) atoms. The molecule has 0 aliphatic rings. The number of nitrogen functional groups attached to an aromatic ring is 1. The molecule has 0 saturated heterocycles. The van der Waals surface area contributed by atoms with E-state index in [4.69, 9.17) is 11.1 Å². The van der Waals surface area contributed by atoms with Gasteiger partial charge < -0.3 is 10.3 Å². The molecule has 1 aromatic heterocycles. The molecule has 4 nitrogen and oxygen atoms in total. The second kappa shape index (κ2) is 5.05. The van der Waals surface area contributed by atoms with Crippen molar-refractivity contribution < 1.29 is 0 Å². The second-order valence-electron chi connectivity index (χ2n) is 5.41. The predicted molar refractivity (Wildman–Crippen MR) is 85.8 cm³/mol. The van der Waals surface area contributed by atoms with Crippen LogP contribution in [0.1, 0.15) is 22.3 Å². The van der Waals surface area contributed by atoms with Crippen LogP contribution in [0.4, 0.5) is 0 Å². The number of nitrogens with zero attached hydrogens (tertiary/aromatic N) is 2. The number of hydrogen-bond donors (Lipinski definition) is 2. The molecular weight excluding hydrogens is 260 g/mol. The summed E-state index contributed by atoms with van der Waals surface area (Å²) in [6.07, 6.45) is 1.88. The van der Waals surface area contributed by atoms with Gasteiger partial charge in [0.25, 0.3) is 0 Å².